The summed E-state index contributed by atoms with van der Waals surface area (Å²) in [6.07, 6.45) is 0. The maximum absolute atomic E-state index is 12.9. The van der Waals surface area contributed by atoms with Gasteiger partial charge in [-0.05, 0) is 42.0 Å². The second kappa shape index (κ2) is 9.01. The number of morpholine rings is 1. The van der Waals surface area contributed by atoms with Gasteiger partial charge >= 0.3 is 0 Å². The molecule has 0 radical (unpaired) electrons. The van der Waals surface area contributed by atoms with Crippen LogP contribution in [0.15, 0.2) is 46.2 Å². The molecule has 0 aliphatic carbocycles. The number of methoxy groups -OCH3 is 1. The van der Waals surface area contributed by atoms with E-state index in [1.54, 1.807) is 0 Å². The predicted molar refractivity (Wildman–Crippen MR) is 109 cm³/mol. The van der Waals surface area contributed by atoms with Gasteiger partial charge in [-0.3, -0.25) is 4.72 Å². The first-order chi connectivity index (χ1) is 14.6. The van der Waals surface area contributed by atoms with E-state index in [0.29, 0.717) is 0 Å². The van der Waals surface area contributed by atoms with Crippen molar-refractivity contribution in [2.45, 2.75) is 9.79 Å². The highest BCUT2D eigenvalue weighted by Crippen LogP contribution is 2.31. The van der Waals surface area contributed by atoms with Crippen molar-refractivity contribution in [2.75, 3.05) is 38.1 Å². The molecule has 1 fully saturated rings. The van der Waals surface area contributed by atoms with Crippen molar-refractivity contribution < 1.29 is 36.2 Å². The Hall–Kier alpha value is -2.38. The molecular weight excluding hydrogens is 472 g/mol. The van der Waals surface area contributed by atoms with Crippen molar-refractivity contribution in [1.82, 2.24) is 4.31 Å². The average Bonchev–Trinajstić information content (AvgIpc) is 2.74. The molecule has 1 heterocycles. The first-order valence-electron chi connectivity index (χ1n) is 8.86. The van der Waals surface area contributed by atoms with Crippen LogP contribution in [0.25, 0.3) is 0 Å². The molecule has 1 saturated heterocycles. The normalized spacial score (nSPS) is 15.4. The smallest absolute Gasteiger partial charge is 0.265 e. The number of carbonyl (C=O) groups is 1. The number of nitrogens with one attached hydrogen (secondary N) is 1. The minimum atomic E-state index is -4.35. The summed E-state index contributed by atoms with van der Waals surface area (Å²) in [6.45, 7) is 0.749. The predicted octanol–water partition coefficient (Wildman–Crippen LogP) is 0.534. The number of carboxylic acids is 1. The van der Waals surface area contributed by atoms with E-state index < -0.39 is 30.9 Å². The number of carbonyl (C=O) groups excluding carboxylic acids is 1. The lowest BCUT2D eigenvalue weighted by Crippen LogP contribution is -2.40. The number of hydrogen-bond acceptors (Lipinski definition) is 8. The van der Waals surface area contributed by atoms with Crippen molar-refractivity contribution >= 4 is 43.3 Å². The van der Waals surface area contributed by atoms with E-state index in [-0.39, 0.29) is 53.2 Å². The Morgan fingerprint density at radius 2 is 1.77 bits per heavy atom. The van der Waals surface area contributed by atoms with Crippen LogP contribution in [0, 0.1) is 0 Å². The maximum Gasteiger partial charge on any atom is 0.265 e. The minimum absolute atomic E-state index is 0.0778. The van der Waals surface area contributed by atoms with Crippen molar-refractivity contribution in [3.8, 4) is 5.75 Å². The van der Waals surface area contributed by atoms with Gasteiger partial charge in [0.15, 0.2) is 0 Å². The zero-order chi connectivity index (χ0) is 22.8. The van der Waals surface area contributed by atoms with Gasteiger partial charge < -0.3 is 19.4 Å². The van der Waals surface area contributed by atoms with Crippen LogP contribution < -0.4 is 14.6 Å². The van der Waals surface area contributed by atoms with E-state index in [2.05, 4.69) is 4.72 Å². The Bertz CT molecular complexity index is 1210. The summed E-state index contributed by atoms with van der Waals surface area (Å²) < 4.78 is 65.2. The van der Waals surface area contributed by atoms with E-state index in [4.69, 9.17) is 21.1 Å². The molecule has 1 N–H and O–H groups in total. The minimum Gasteiger partial charge on any atom is -0.545 e. The molecule has 31 heavy (non-hydrogen) atoms. The van der Waals surface area contributed by atoms with Gasteiger partial charge in [0.25, 0.3) is 10.0 Å². The van der Waals surface area contributed by atoms with E-state index >= 15 is 0 Å². The lowest BCUT2D eigenvalue weighted by molar-refractivity contribution is -0.255. The number of halogens is 1. The van der Waals surface area contributed by atoms with Gasteiger partial charge in [-0.25, -0.2) is 16.8 Å². The van der Waals surface area contributed by atoms with Crippen LogP contribution in [-0.2, 0) is 24.8 Å². The largest absolute Gasteiger partial charge is 0.545 e. The molecule has 13 heteroatoms. The summed E-state index contributed by atoms with van der Waals surface area (Å²) in [5.74, 6) is -1.67. The van der Waals surface area contributed by atoms with Crippen LogP contribution in [-0.4, -0.2) is 60.5 Å². The second-order valence-electron chi connectivity index (χ2n) is 6.42. The number of rotatable bonds is 7. The van der Waals surface area contributed by atoms with Crippen molar-refractivity contribution in [2.24, 2.45) is 0 Å². The van der Waals surface area contributed by atoms with Gasteiger partial charge in [0, 0.05) is 13.1 Å². The molecule has 2 aromatic carbocycles. The zero-order valence-electron chi connectivity index (χ0n) is 16.2. The Balaban J connectivity index is 1.99. The molecule has 0 amide bonds. The van der Waals surface area contributed by atoms with Crippen molar-refractivity contribution in [3.63, 3.8) is 0 Å². The number of anilines is 1. The van der Waals surface area contributed by atoms with Crippen LogP contribution in [0.1, 0.15) is 10.4 Å². The summed E-state index contributed by atoms with van der Waals surface area (Å²) >= 11 is 6.08. The van der Waals surface area contributed by atoms with Crippen LogP contribution in [0.3, 0.4) is 0 Å². The van der Waals surface area contributed by atoms with E-state index in [1.807, 2.05) is 0 Å². The molecule has 0 aromatic heterocycles. The van der Waals surface area contributed by atoms with Gasteiger partial charge in [0.05, 0.1) is 37.0 Å². The van der Waals surface area contributed by atoms with Gasteiger partial charge in [0.2, 0.25) is 10.0 Å². The van der Waals surface area contributed by atoms with E-state index in [9.17, 15) is 26.7 Å². The number of nitrogens with zero attached hydrogens (tertiary/aromatic N) is 1. The molecule has 2 aromatic rings. The molecular formula is C18H18ClN2O8S2-. The number of ether oxygens (including phenoxy) is 2. The number of sulfonamides is 2. The number of benzene rings is 2. The zero-order valence-corrected chi connectivity index (χ0v) is 18.6. The second-order valence-corrected chi connectivity index (χ2v) is 10.4. The third-order valence-electron chi connectivity index (χ3n) is 4.46. The van der Waals surface area contributed by atoms with E-state index in [0.717, 1.165) is 18.2 Å². The molecule has 1 aliphatic rings. The maximum atomic E-state index is 12.9. The molecule has 0 unspecified atom stereocenters. The summed E-state index contributed by atoms with van der Waals surface area (Å²) in [4.78, 5) is 10.4. The van der Waals surface area contributed by atoms with Gasteiger partial charge in [-0.1, -0.05) is 11.6 Å². The Kier molecular flexibility index (Phi) is 6.76. The molecule has 0 bridgehead atoms. The monoisotopic (exact) mass is 489 g/mol. The highest BCUT2D eigenvalue weighted by Gasteiger charge is 2.29. The molecule has 1 aliphatic heterocycles. The lowest BCUT2D eigenvalue weighted by atomic mass is 10.2. The third kappa shape index (κ3) is 4.93. The first-order valence-corrected chi connectivity index (χ1v) is 12.2. The van der Waals surface area contributed by atoms with Crippen LogP contribution in [0.2, 0.25) is 5.02 Å². The number of aromatic carboxylic acids is 1. The molecule has 0 atom stereocenters. The van der Waals surface area contributed by atoms with Gasteiger partial charge in [-0.15, -0.1) is 0 Å². The highest BCUT2D eigenvalue weighted by atomic mass is 35.5. The molecule has 168 valence electrons. The number of carboxylic acid groups (broad SMARTS) is 1. The van der Waals surface area contributed by atoms with Gasteiger partial charge in [-0.2, -0.15) is 4.31 Å². The van der Waals surface area contributed by atoms with Crippen LogP contribution in [0.4, 0.5) is 5.69 Å². The Labute approximate surface area is 184 Å². The Morgan fingerprint density at radius 3 is 2.39 bits per heavy atom. The van der Waals surface area contributed by atoms with E-state index in [1.165, 1.54) is 29.6 Å². The lowest BCUT2D eigenvalue weighted by Gasteiger charge is -2.26. The molecule has 0 saturated carbocycles. The topological polar surface area (TPSA) is 142 Å². The summed E-state index contributed by atoms with van der Waals surface area (Å²) in [6, 6.07) is 6.84. The molecule has 10 nitrogen and oxygen atoms in total. The molecule has 3 rings (SSSR count). The molecule has 0 spiro atoms. The van der Waals surface area contributed by atoms with Crippen LogP contribution in [0.5, 0.6) is 5.75 Å². The average molecular weight is 490 g/mol. The van der Waals surface area contributed by atoms with Crippen molar-refractivity contribution in [1.29, 1.82) is 0 Å². The van der Waals surface area contributed by atoms with Crippen LogP contribution >= 0.6 is 11.6 Å². The standard InChI is InChI=1S/C18H19ClN2O8S2/c1-28-15-5-2-12(18(22)23)10-17(15)30(24,25)20-13-3-4-14(19)16(11-13)31(26,27)21-6-8-29-9-7-21/h2-5,10-11,20H,6-9H2,1H3,(H,22,23)/p-1. The SMILES string of the molecule is COc1ccc(C(=O)[O-])cc1S(=O)(=O)Nc1ccc(Cl)c(S(=O)(=O)N2CCOCC2)c1. The summed E-state index contributed by atoms with van der Waals surface area (Å²) in [7, 11) is -7.12. The fourth-order valence-electron chi connectivity index (χ4n) is 2.91. The third-order valence-corrected chi connectivity index (χ3v) is 8.24. The quantitative estimate of drug-likeness (QED) is 0.593. The summed E-state index contributed by atoms with van der Waals surface area (Å²) in [5, 5.41) is 11.0. The fourth-order valence-corrected chi connectivity index (χ4v) is 6.07. The Morgan fingerprint density at radius 1 is 1.10 bits per heavy atom. The van der Waals surface area contributed by atoms with Gasteiger partial charge in [0.1, 0.15) is 15.5 Å². The van der Waals surface area contributed by atoms with Crippen molar-refractivity contribution in [3.05, 3.63) is 47.0 Å². The number of hydrogen-bond donors (Lipinski definition) is 1. The summed E-state index contributed by atoms with van der Waals surface area (Å²) in [5.41, 5.74) is -0.454. The highest BCUT2D eigenvalue weighted by molar-refractivity contribution is 7.92. The first kappa shape index (κ1) is 23.3. The fraction of sp³-hybridized carbons (Fsp3) is 0.278.